The van der Waals surface area contributed by atoms with Crippen molar-refractivity contribution in [3.05, 3.63) is 54.6 Å². The first-order chi connectivity index (χ1) is 15.4. The molecule has 4 aromatic rings. The largest absolute Gasteiger partial charge is 0.433 e. The second-order valence-corrected chi connectivity index (χ2v) is 8.30. The number of anilines is 2. The topological polar surface area (TPSA) is 67.7 Å². The number of hydrogen-bond donors (Lipinski definition) is 2. The van der Waals surface area contributed by atoms with Gasteiger partial charge in [-0.15, -0.1) is 0 Å². The Hall–Kier alpha value is -3.36. The third-order valence-corrected chi connectivity index (χ3v) is 6.01. The fourth-order valence-electron chi connectivity index (χ4n) is 4.51. The Balaban J connectivity index is 1.39. The van der Waals surface area contributed by atoms with Crippen LogP contribution >= 0.6 is 0 Å². The number of pyridine rings is 2. The van der Waals surface area contributed by atoms with Crippen LogP contribution in [-0.4, -0.2) is 31.6 Å². The van der Waals surface area contributed by atoms with E-state index < -0.39 is 11.9 Å². The molecule has 2 N–H and O–H groups in total. The second kappa shape index (κ2) is 7.96. The number of fused-ring (bicyclic) bond motifs is 2. The van der Waals surface area contributed by atoms with E-state index in [1.165, 1.54) is 0 Å². The highest BCUT2D eigenvalue weighted by atomic mass is 19.4. The Bertz CT molecular complexity index is 1270. The van der Waals surface area contributed by atoms with Crippen molar-refractivity contribution in [1.82, 2.24) is 19.5 Å². The van der Waals surface area contributed by atoms with Gasteiger partial charge in [-0.2, -0.15) is 13.2 Å². The normalized spacial score (nSPS) is 19.4. The molecule has 0 saturated heterocycles. The minimum atomic E-state index is -4.50. The number of imidazole rings is 1. The van der Waals surface area contributed by atoms with Crippen molar-refractivity contribution in [2.45, 2.75) is 43.9 Å². The Kier molecular flexibility index (Phi) is 5.11. The van der Waals surface area contributed by atoms with Gasteiger partial charge in [-0.1, -0.05) is 18.2 Å². The fraction of sp³-hybridized carbons (Fsp3) is 0.348. The van der Waals surface area contributed by atoms with Gasteiger partial charge in [-0.25, -0.2) is 15.0 Å². The molecule has 1 aliphatic carbocycles. The van der Waals surface area contributed by atoms with Crippen molar-refractivity contribution in [3.63, 3.8) is 0 Å². The van der Waals surface area contributed by atoms with Crippen LogP contribution in [0.25, 0.3) is 21.9 Å². The maximum absolute atomic E-state index is 13.4. The molecule has 0 aliphatic heterocycles. The van der Waals surface area contributed by atoms with Crippen LogP contribution < -0.4 is 10.6 Å². The molecule has 5 rings (SSSR count). The Labute approximate surface area is 182 Å². The number of rotatable bonds is 4. The summed E-state index contributed by atoms with van der Waals surface area (Å²) in [4.78, 5) is 12.7. The van der Waals surface area contributed by atoms with Crippen LogP contribution in [0.5, 0.6) is 0 Å². The third-order valence-electron chi connectivity index (χ3n) is 6.01. The van der Waals surface area contributed by atoms with Gasteiger partial charge >= 0.3 is 6.18 Å². The maximum atomic E-state index is 13.4. The molecule has 1 saturated carbocycles. The van der Waals surface area contributed by atoms with Gasteiger partial charge in [-0.3, -0.25) is 0 Å². The number of alkyl halides is 3. The lowest BCUT2D eigenvalue weighted by Crippen LogP contribution is -2.34. The molecule has 1 fully saturated rings. The highest BCUT2D eigenvalue weighted by Crippen LogP contribution is 2.34. The average molecular weight is 440 g/mol. The highest BCUT2D eigenvalue weighted by molar-refractivity contribution is 5.91. The molecule has 9 heteroatoms. The predicted molar refractivity (Wildman–Crippen MR) is 119 cm³/mol. The average Bonchev–Trinajstić information content (AvgIpc) is 3.15. The van der Waals surface area contributed by atoms with Crippen molar-refractivity contribution in [2.24, 2.45) is 7.05 Å². The summed E-state index contributed by atoms with van der Waals surface area (Å²) in [6.45, 7) is 0. The number of para-hydroxylation sites is 1. The smallest absolute Gasteiger partial charge is 0.382 e. The van der Waals surface area contributed by atoms with Gasteiger partial charge in [0.2, 0.25) is 0 Å². The SMILES string of the molecule is Cn1cnc2ccnc(N[C@@H]3CCC[C@H](Nc4cc(C(F)(F)F)nc5ccccc45)C3)c21. The molecule has 0 spiro atoms. The zero-order valence-corrected chi connectivity index (χ0v) is 17.5. The van der Waals surface area contributed by atoms with E-state index in [-0.39, 0.29) is 12.1 Å². The number of hydrogen-bond acceptors (Lipinski definition) is 5. The van der Waals surface area contributed by atoms with Crippen molar-refractivity contribution in [2.75, 3.05) is 10.6 Å². The number of nitrogens with zero attached hydrogens (tertiary/aromatic N) is 4. The lowest BCUT2D eigenvalue weighted by Gasteiger charge is -2.32. The van der Waals surface area contributed by atoms with Crippen LogP contribution in [0.3, 0.4) is 0 Å². The van der Waals surface area contributed by atoms with Gasteiger partial charge in [0.15, 0.2) is 5.82 Å². The lowest BCUT2D eigenvalue weighted by atomic mass is 9.90. The molecule has 1 aromatic carbocycles. The monoisotopic (exact) mass is 440 g/mol. The molecule has 2 atom stereocenters. The summed E-state index contributed by atoms with van der Waals surface area (Å²) < 4.78 is 42.1. The van der Waals surface area contributed by atoms with E-state index in [0.29, 0.717) is 16.6 Å². The van der Waals surface area contributed by atoms with E-state index >= 15 is 0 Å². The molecule has 32 heavy (non-hydrogen) atoms. The van der Waals surface area contributed by atoms with E-state index in [2.05, 4.69) is 25.6 Å². The minimum absolute atomic E-state index is 0.0406. The zero-order chi connectivity index (χ0) is 22.3. The van der Waals surface area contributed by atoms with Crippen molar-refractivity contribution in [1.29, 1.82) is 0 Å². The fourth-order valence-corrected chi connectivity index (χ4v) is 4.51. The summed E-state index contributed by atoms with van der Waals surface area (Å²) in [5, 5.41) is 7.60. The molecule has 166 valence electrons. The van der Waals surface area contributed by atoms with Gasteiger partial charge in [0.05, 0.1) is 17.4 Å². The molecule has 0 amide bonds. The van der Waals surface area contributed by atoms with Gasteiger partial charge in [0.1, 0.15) is 11.2 Å². The van der Waals surface area contributed by atoms with Crippen molar-refractivity contribution < 1.29 is 13.2 Å². The number of aromatic nitrogens is 4. The molecular formula is C23H23F3N6. The lowest BCUT2D eigenvalue weighted by molar-refractivity contribution is -0.140. The first kappa shape index (κ1) is 20.5. The molecule has 6 nitrogen and oxygen atoms in total. The molecule has 0 radical (unpaired) electrons. The quantitative estimate of drug-likeness (QED) is 0.447. The molecular weight excluding hydrogens is 417 g/mol. The number of aryl methyl sites for hydroxylation is 1. The summed E-state index contributed by atoms with van der Waals surface area (Å²) in [5.74, 6) is 0.780. The highest BCUT2D eigenvalue weighted by Gasteiger charge is 2.34. The van der Waals surface area contributed by atoms with E-state index in [1.807, 2.05) is 23.7 Å². The van der Waals surface area contributed by atoms with Crippen LogP contribution in [0.15, 0.2) is 48.9 Å². The summed E-state index contributed by atoms with van der Waals surface area (Å²) >= 11 is 0. The number of nitrogens with one attached hydrogen (secondary N) is 2. The van der Waals surface area contributed by atoms with Crippen LogP contribution in [0.2, 0.25) is 0 Å². The number of benzene rings is 1. The Morgan fingerprint density at radius 1 is 1.00 bits per heavy atom. The number of halogens is 3. The van der Waals surface area contributed by atoms with Crippen LogP contribution in [0.4, 0.5) is 24.7 Å². The van der Waals surface area contributed by atoms with E-state index in [4.69, 9.17) is 0 Å². The van der Waals surface area contributed by atoms with Crippen molar-refractivity contribution in [3.8, 4) is 0 Å². The molecule has 0 unspecified atom stereocenters. The van der Waals surface area contributed by atoms with Gasteiger partial charge < -0.3 is 15.2 Å². The van der Waals surface area contributed by atoms with Crippen molar-refractivity contribution >= 4 is 33.4 Å². The summed E-state index contributed by atoms with van der Waals surface area (Å²) in [7, 11) is 1.93. The Morgan fingerprint density at radius 3 is 2.59 bits per heavy atom. The predicted octanol–water partition coefficient (Wildman–Crippen LogP) is 5.37. The second-order valence-electron chi connectivity index (χ2n) is 8.30. The molecule has 1 aliphatic rings. The van der Waals surface area contributed by atoms with Gasteiger partial charge in [-0.05, 0) is 43.9 Å². The summed E-state index contributed by atoms with van der Waals surface area (Å²) in [6.07, 6.45) is 2.59. The van der Waals surface area contributed by atoms with E-state index in [1.54, 1.807) is 30.7 Å². The molecule has 3 aromatic heterocycles. The van der Waals surface area contributed by atoms with Crippen LogP contribution in [0.1, 0.15) is 31.4 Å². The third kappa shape index (κ3) is 3.94. The van der Waals surface area contributed by atoms with Gasteiger partial charge in [0, 0.05) is 36.4 Å². The summed E-state index contributed by atoms with van der Waals surface area (Å²) in [5.41, 5.74) is 1.75. The van der Waals surface area contributed by atoms with E-state index in [9.17, 15) is 13.2 Å². The first-order valence-corrected chi connectivity index (χ1v) is 10.6. The summed E-state index contributed by atoms with van der Waals surface area (Å²) in [6, 6.07) is 10.1. The molecule has 0 bridgehead atoms. The maximum Gasteiger partial charge on any atom is 0.433 e. The van der Waals surface area contributed by atoms with Crippen LogP contribution in [-0.2, 0) is 13.2 Å². The van der Waals surface area contributed by atoms with Crippen LogP contribution in [0, 0.1) is 0 Å². The standard InChI is InChI=1S/C23H23F3N6/c1-32-13-28-18-9-10-27-22(21(18)32)30-15-6-4-5-14(11-15)29-19-12-20(23(24,25)26)31-17-8-3-2-7-16(17)19/h2-3,7-10,12-15H,4-6,11H2,1H3,(H,27,30)(H,29,31)/t14-,15+/m0/s1. The Morgan fingerprint density at radius 2 is 1.78 bits per heavy atom. The minimum Gasteiger partial charge on any atom is -0.382 e. The first-order valence-electron chi connectivity index (χ1n) is 10.6. The van der Waals surface area contributed by atoms with Gasteiger partial charge in [0.25, 0.3) is 0 Å². The van der Waals surface area contributed by atoms with E-state index in [0.717, 1.165) is 48.6 Å². The molecule has 3 heterocycles. The zero-order valence-electron chi connectivity index (χ0n) is 17.5.